The minimum Gasteiger partial charge on any atom is -0.497 e. The summed E-state index contributed by atoms with van der Waals surface area (Å²) in [5.74, 6) is 0.523. The van der Waals surface area contributed by atoms with Crippen LogP contribution < -0.4 is 14.8 Å². The highest BCUT2D eigenvalue weighted by molar-refractivity contribution is 7.10. The molecule has 30 heavy (non-hydrogen) atoms. The highest BCUT2D eigenvalue weighted by Crippen LogP contribution is 2.34. The van der Waals surface area contributed by atoms with Crippen molar-refractivity contribution >= 4 is 22.9 Å². The number of amides is 1. The van der Waals surface area contributed by atoms with Gasteiger partial charge < -0.3 is 14.8 Å². The molecule has 0 aliphatic heterocycles. The molecule has 0 saturated carbocycles. The van der Waals surface area contributed by atoms with Crippen molar-refractivity contribution in [1.29, 1.82) is 0 Å². The average Bonchev–Trinajstić information content (AvgIpc) is 3.26. The van der Waals surface area contributed by atoms with Crippen molar-refractivity contribution < 1.29 is 27.4 Å². The monoisotopic (exact) mass is 438 g/mol. The second-order valence-corrected chi connectivity index (χ2v) is 6.49. The third kappa shape index (κ3) is 5.50. The standard InChI is InChI=1S/C19H15F3N2O3S.C2H6/c1-26-13-7-8-14(16(9-13)27-2)17(25)23-12-5-3-11(4-6-12)15-10-28-18(24-15)19(20,21)22;1-2/h3-10H,1-2H3,(H,23,25);1-2H3. The average molecular weight is 438 g/mol. The largest absolute Gasteiger partial charge is 0.497 e. The number of methoxy groups -OCH3 is 2. The molecule has 0 aliphatic carbocycles. The maximum Gasteiger partial charge on any atom is 0.443 e. The molecule has 9 heteroatoms. The van der Waals surface area contributed by atoms with Crippen LogP contribution in [-0.4, -0.2) is 25.1 Å². The second-order valence-electron chi connectivity index (χ2n) is 5.63. The first kappa shape index (κ1) is 23.2. The van der Waals surface area contributed by atoms with Crippen molar-refractivity contribution in [3.8, 4) is 22.8 Å². The predicted molar refractivity (Wildman–Crippen MR) is 111 cm³/mol. The molecule has 2 aromatic carbocycles. The van der Waals surface area contributed by atoms with E-state index >= 15 is 0 Å². The van der Waals surface area contributed by atoms with E-state index < -0.39 is 11.2 Å². The Morgan fingerprint density at radius 2 is 1.70 bits per heavy atom. The Bertz CT molecular complexity index is 986. The van der Waals surface area contributed by atoms with E-state index in [1.54, 1.807) is 42.5 Å². The van der Waals surface area contributed by atoms with Gasteiger partial charge in [0.05, 0.1) is 25.5 Å². The Morgan fingerprint density at radius 1 is 1.03 bits per heavy atom. The maximum atomic E-state index is 12.7. The van der Waals surface area contributed by atoms with Crippen LogP contribution in [0.3, 0.4) is 0 Å². The van der Waals surface area contributed by atoms with Gasteiger partial charge in [-0.2, -0.15) is 13.2 Å². The highest BCUT2D eigenvalue weighted by atomic mass is 32.1. The predicted octanol–water partition coefficient (Wildman–Crippen LogP) is 6.12. The summed E-state index contributed by atoms with van der Waals surface area (Å²) in [6, 6.07) is 11.2. The second kappa shape index (κ2) is 10.1. The molecule has 0 bridgehead atoms. The summed E-state index contributed by atoms with van der Waals surface area (Å²) in [5.41, 5.74) is 1.55. The number of halogens is 3. The summed E-state index contributed by atoms with van der Waals surface area (Å²) in [5, 5.41) is 3.17. The lowest BCUT2D eigenvalue weighted by Gasteiger charge is -2.11. The number of anilines is 1. The number of hydrogen-bond acceptors (Lipinski definition) is 5. The van der Waals surface area contributed by atoms with E-state index in [2.05, 4.69) is 10.3 Å². The van der Waals surface area contributed by atoms with Gasteiger partial charge >= 0.3 is 6.18 Å². The Hall–Kier alpha value is -3.07. The van der Waals surface area contributed by atoms with Crippen molar-refractivity contribution in [1.82, 2.24) is 4.98 Å². The molecule has 0 atom stereocenters. The molecule has 5 nitrogen and oxygen atoms in total. The summed E-state index contributed by atoms with van der Waals surface area (Å²) >= 11 is 0.541. The highest BCUT2D eigenvalue weighted by Gasteiger charge is 2.34. The Kier molecular flexibility index (Phi) is 7.82. The molecular weight excluding hydrogens is 417 g/mol. The molecule has 0 spiro atoms. The molecule has 0 unspecified atom stereocenters. The van der Waals surface area contributed by atoms with Crippen LogP contribution in [0, 0.1) is 0 Å². The van der Waals surface area contributed by atoms with Crippen LogP contribution in [-0.2, 0) is 6.18 Å². The first-order chi connectivity index (χ1) is 14.3. The third-order valence-electron chi connectivity index (χ3n) is 3.84. The fourth-order valence-electron chi connectivity index (χ4n) is 2.45. The summed E-state index contributed by atoms with van der Waals surface area (Å²) in [7, 11) is 2.96. The maximum absolute atomic E-state index is 12.7. The van der Waals surface area contributed by atoms with Gasteiger partial charge in [-0.05, 0) is 24.3 Å². The lowest BCUT2D eigenvalue weighted by Crippen LogP contribution is -2.13. The molecule has 160 valence electrons. The summed E-state index contributed by atoms with van der Waals surface area (Å²) < 4.78 is 48.3. The fourth-order valence-corrected chi connectivity index (χ4v) is 3.14. The number of ether oxygens (including phenoxy) is 2. The molecule has 0 aliphatic rings. The molecule has 0 radical (unpaired) electrons. The quantitative estimate of drug-likeness (QED) is 0.521. The van der Waals surface area contributed by atoms with Gasteiger partial charge in [-0.15, -0.1) is 11.3 Å². The molecule has 3 rings (SSSR count). The summed E-state index contributed by atoms with van der Waals surface area (Å²) in [4.78, 5) is 16.1. The van der Waals surface area contributed by atoms with E-state index in [1.807, 2.05) is 13.8 Å². The van der Waals surface area contributed by atoms with E-state index in [-0.39, 0.29) is 11.6 Å². The van der Waals surface area contributed by atoms with Crippen molar-refractivity contribution in [3.63, 3.8) is 0 Å². The SMILES string of the molecule is CC.COc1ccc(C(=O)Nc2ccc(-c3csc(C(F)(F)F)n3)cc2)c(OC)c1. The third-order valence-corrected chi connectivity index (χ3v) is 4.73. The van der Waals surface area contributed by atoms with Crippen molar-refractivity contribution in [2.75, 3.05) is 19.5 Å². The number of carbonyl (C=O) groups excluding carboxylic acids is 1. The molecule has 0 fully saturated rings. The minimum absolute atomic E-state index is 0.229. The van der Waals surface area contributed by atoms with E-state index in [4.69, 9.17) is 9.47 Å². The molecule has 3 aromatic rings. The number of benzene rings is 2. The number of thiazole rings is 1. The van der Waals surface area contributed by atoms with E-state index in [0.29, 0.717) is 39.7 Å². The molecule has 1 aromatic heterocycles. The van der Waals surface area contributed by atoms with Gasteiger partial charge in [0.1, 0.15) is 11.5 Å². The van der Waals surface area contributed by atoms with Crippen LogP contribution >= 0.6 is 11.3 Å². The summed E-state index contributed by atoms with van der Waals surface area (Å²) in [6.45, 7) is 4.00. The number of hydrogen-bond donors (Lipinski definition) is 1. The van der Waals surface area contributed by atoms with Gasteiger partial charge in [-0.1, -0.05) is 26.0 Å². The minimum atomic E-state index is -4.46. The fraction of sp³-hybridized carbons (Fsp3) is 0.238. The van der Waals surface area contributed by atoms with Gasteiger partial charge in [0, 0.05) is 22.7 Å². The Labute approximate surface area is 176 Å². The Morgan fingerprint density at radius 3 is 2.23 bits per heavy atom. The number of rotatable bonds is 5. The molecule has 1 amide bonds. The van der Waals surface area contributed by atoms with Crippen LogP contribution in [0.4, 0.5) is 18.9 Å². The molecule has 0 saturated heterocycles. The first-order valence-electron chi connectivity index (χ1n) is 8.98. The van der Waals surface area contributed by atoms with Crippen molar-refractivity contribution in [2.24, 2.45) is 0 Å². The number of carbonyl (C=O) groups is 1. The molecule has 1 N–H and O–H groups in total. The normalized spacial score (nSPS) is 10.6. The smallest absolute Gasteiger partial charge is 0.443 e. The number of nitrogens with one attached hydrogen (secondary N) is 1. The van der Waals surface area contributed by atoms with Gasteiger partial charge in [-0.3, -0.25) is 4.79 Å². The zero-order valence-electron chi connectivity index (χ0n) is 16.8. The van der Waals surface area contributed by atoms with Crippen molar-refractivity contribution in [2.45, 2.75) is 20.0 Å². The van der Waals surface area contributed by atoms with Crippen LogP contribution in [0.1, 0.15) is 29.2 Å². The molecule has 1 heterocycles. The van der Waals surface area contributed by atoms with Crippen LogP contribution in [0.5, 0.6) is 11.5 Å². The Balaban J connectivity index is 0.00000155. The van der Waals surface area contributed by atoms with Gasteiger partial charge in [0.25, 0.3) is 5.91 Å². The lowest BCUT2D eigenvalue weighted by molar-refractivity contribution is -0.137. The van der Waals surface area contributed by atoms with Crippen molar-refractivity contribution in [3.05, 3.63) is 58.4 Å². The van der Waals surface area contributed by atoms with Crippen LogP contribution in [0.15, 0.2) is 47.8 Å². The van der Waals surface area contributed by atoms with Gasteiger partial charge in [-0.25, -0.2) is 4.98 Å². The first-order valence-corrected chi connectivity index (χ1v) is 9.86. The molecular formula is C21H21F3N2O3S. The van der Waals surface area contributed by atoms with E-state index in [0.717, 1.165) is 0 Å². The number of aromatic nitrogens is 1. The van der Waals surface area contributed by atoms with Crippen LogP contribution in [0.25, 0.3) is 11.3 Å². The van der Waals surface area contributed by atoms with Gasteiger partial charge in [0.15, 0.2) is 5.01 Å². The lowest BCUT2D eigenvalue weighted by atomic mass is 10.1. The van der Waals surface area contributed by atoms with Gasteiger partial charge in [0.2, 0.25) is 0 Å². The zero-order chi connectivity index (χ0) is 22.3. The topological polar surface area (TPSA) is 60.5 Å². The van der Waals surface area contributed by atoms with E-state index in [9.17, 15) is 18.0 Å². The van der Waals surface area contributed by atoms with Crippen LogP contribution in [0.2, 0.25) is 0 Å². The number of nitrogens with zero attached hydrogens (tertiary/aromatic N) is 1. The number of alkyl halides is 3. The van der Waals surface area contributed by atoms with E-state index in [1.165, 1.54) is 19.6 Å². The zero-order valence-corrected chi connectivity index (χ0v) is 17.6. The summed E-state index contributed by atoms with van der Waals surface area (Å²) in [6.07, 6.45) is -4.46.